The van der Waals surface area contributed by atoms with Gasteiger partial charge >= 0.3 is 0 Å². The third-order valence-corrected chi connectivity index (χ3v) is 4.37. The number of hydrogen-bond donors (Lipinski definition) is 1. The molecule has 0 bridgehead atoms. The van der Waals surface area contributed by atoms with Crippen LogP contribution in [-0.2, 0) is 4.79 Å². The molecule has 1 aliphatic heterocycles. The fourth-order valence-electron chi connectivity index (χ4n) is 2.88. The zero-order valence-electron chi connectivity index (χ0n) is 13.9. The standard InChI is InChI=1S/C18H26N2O3/c1-3-16(14-21)19-10-12-20(13-11-19)18(22)9-8-15-6-4-5-7-17(15)23-2/h4-9,16,21H,3,10-14H2,1-2H3/b9-8+. The fraction of sp³-hybridized carbons (Fsp3) is 0.500. The second-order valence-electron chi connectivity index (χ2n) is 5.68. The molecule has 5 heteroatoms. The summed E-state index contributed by atoms with van der Waals surface area (Å²) in [5, 5.41) is 9.37. The predicted octanol–water partition coefficient (Wildman–Crippen LogP) is 1.62. The Labute approximate surface area is 138 Å². The molecule has 1 N–H and O–H groups in total. The number of para-hydroxylation sites is 1. The molecule has 1 aromatic rings. The van der Waals surface area contributed by atoms with Crippen LogP contribution in [0.5, 0.6) is 5.75 Å². The Hall–Kier alpha value is -1.85. The van der Waals surface area contributed by atoms with Gasteiger partial charge in [0.2, 0.25) is 5.91 Å². The van der Waals surface area contributed by atoms with Gasteiger partial charge in [0.15, 0.2) is 0 Å². The molecule has 1 unspecified atom stereocenters. The zero-order valence-corrected chi connectivity index (χ0v) is 13.9. The number of amides is 1. The lowest BCUT2D eigenvalue weighted by Crippen LogP contribution is -2.52. The first kappa shape index (κ1) is 17.5. The van der Waals surface area contributed by atoms with Crippen LogP contribution in [0.1, 0.15) is 18.9 Å². The van der Waals surface area contributed by atoms with Crippen molar-refractivity contribution in [3.63, 3.8) is 0 Å². The van der Waals surface area contributed by atoms with Gasteiger partial charge in [-0.15, -0.1) is 0 Å². The molecule has 126 valence electrons. The summed E-state index contributed by atoms with van der Waals surface area (Å²) in [7, 11) is 1.62. The van der Waals surface area contributed by atoms with Gasteiger partial charge in [-0.3, -0.25) is 9.69 Å². The van der Waals surface area contributed by atoms with Crippen LogP contribution >= 0.6 is 0 Å². The van der Waals surface area contributed by atoms with E-state index in [0.29, 0.717) is 13.1 Å². The number of carbonyl (C=O) groups excluding carboxylic acids is 1. The monoisotopic (exact) mass is 318 g/mol. The number of ether oxygens (including phenoxy) is 1. The maximum Gasteiger partial charge on any atom is 0.246 e. The molecular formula is C18H26N2O3. The molecule has 0 aliphatic carbocycles. The van der Waals surface area contributed by atoms with E-state index in [1.165, 1.54) is 0 Å². The molecule has 1 saturated heterocycles. The zero-order chi connectivity index (χ0) is 16.7. The van der Waals surface area contributed by atoms with E-state index in [0.717, 1.165) is 30.8 Å². The first-order valence-electron chi connectivity index (χ1n) is 8.14. The lowest BCUT2D eigenvalue weighted by atomic mass is 10.1. The van der Waals surface area contributed by atoms with Gasteiger partial charge in [-0.1, -0.05) is 25.1 Å². The van der Waals surface area contributed by atoms with E-state index in [4.69, 9.17) is 4.74 Å². The van der Waals surface area contributed by atoms with Crippen molar-refractivity contribution in [2.75, 3.05) is 39.9 Å². The summed E-state index contributed by atoms with van der Waals surface area (Å²) in [6.45, 7) is 5.28. The van der Waals surface area contributed by atoms with Crippen molar-refractivity contribution in [3.05, 3.63) is 35.9 Å². The van der Waals surface area contributed by atoms with Gasteiger partial charge < -0.3 is 14.7 Å². The average Bonchev–Trinajstić information content (AvgIpc) is 2.61. The molecule has 23 heavy (non-hydrogen) atoms. The third-order valence-electron chi connectivity index (χ3n) is 4.37. The Bertz CT molecular complexity index is 533. The van der Waals surface area contributed by atoms with Crippen molar-refractivity contribution in [1.29, 1.82) is 0 Å². The van der Waals surface area contributed by atoms with Crippen LogP contribution in [-0.4, -0.2) is 66.8 Å². The normalized spacial score (nSPS) is 17.4. The molecule has 0 spiro atoms. The van der Waals surface area contributed by atoms with Gasteiger partial charge in [-0.25, -0.2) is 0 Å². The molecule has 2 rings (SSSR count). The highest BCUT2D eigenvalue weighted by Gasteiger charge is 2.23. The molecule has 0 saturated carbocycles. The fourth-order valence-corrected chi connectivity index (χ4v) is 2.88. The number of hydrogen-bond acceptors (Lipinski definition) is 4. The Morgan fingerprint density at radius 1 is 1.30 bits per heavy atom. The van der Waals surface area contributed by atoms with Gasteiger partial charge in [0.25, 0.3) is 0 Å². The van der Waals surface area contributed by atoms with Crippen LogP contribution in [0.25, 0.3) is 6.08 Å². The Kier molecular flexibility index (Phi) is 6.62. The topological polar surface area (TPSA) is 53.0 Å². The van der Waals surface area contributed by atoms with Gasteiger partial charge in [-0.2, -0.15) is 0 Å². The minimum absolute atomic E-state index is 0.0209. The summed E-state index contributed by atoms with van der Waals surface area (Å²) in [6, 6.07) is 7.83. The van der Waals surface area contributed by atoms with Crippen LogP contribution in [0.2, 0.25) is 0 Å². The molecule has 1 aromatic carbocycles. The quantitative estimate of drug-likeness (QED) is 0.810. The number of aliphatic hydroxyl groups excluding tert-OH is 1. The SMILES string of the molecule is CCC(CO)N1CCN(C(=O)/C=C/c2ccccc2OC)CC1. The van der Waals surface area contributed by atoms with E-state index in [1.807, 2.05) is 29.2 Å². The number of piperazine rings is 1. The molecular weight excluding hydrogens is 292 g/mol. The number of carbonyl (C=O) groups is 1. The molecule has 5 nitrogen and oxygen atoms in total. The van der Waals surface area contributed by atoms with Crippen LogP contribution in [0.4, 0.5) is 0 Å². The average molecular weight is 318 g/mol. The first-order valence-corrected chi connectivity index (χ1v) is 8.14. The van der Waals surface area contributed by atoms with Crippen molar-refractivity contribution in [2.24, 2.45) is 0 Å². The van der Waals surface area contributed by atoms with Crippen molar-refractivity contribution >= 4 is 12.0 Å². The summed E-state index contributed by atoms with van der Waals surface area (Å²) >= 11 is 0. The number of rotatable bonds is 6. The van der Waals surface area contributed by atoms with E-state index in [9.17, 15) is 9.90 Å². The molecule has 1 heterocycles. The Morgan fingerprint density at radius 2 is 2.00 bits per heavy atom. The van der Waals surface area contributed by atoms with E-state index in [1.54, 1.807) is 19.3 Å². The molecule has 1 amide bonds. The van der Waals surface area contributed by atoms with Gasteiger partial charge in [0.1, 0.15) is 5.75 Å². The van der Waals surface area contributed by atoms with Crippen molar-refractivity contribution in [1.82, 2.24) is 9.80 Å². The molecule has 1 aliphatic rings. The summed E-state index contributed by atoms with van der Waals surface area (Å²) < 4.78 is 5.28. The molecule has 0 radical (unpaired) electrons. The van der Waals surface area contributed by atoms with Gasteiger partial charge in [-0.05, 0) is 18.6 Å². The number of aliphatic hydroxyl groups is 1. The Balaban J connectivity index is 1.91. The van der Waals surface area contributed by atoms with E-state index in [2.05, 4.69) is 11.8 Å². The summed E-state index contributed by atoms with van der Waals surface area (Å²) in [6.07, 6.45) is 4.34. The number of benzene rings is 1. The highest BCUT2D eigenvalue weighted by Crippen LogP contribution is 2.19. The molecule has 0 aromatic heterocycles. The number of nitrogens with zero attached hydrogens (tertiary/aromatic N) is 2. The highest BCUT2D eigenvalue weighted by molar-refractivity contribution is 5.92. The molecule has 1 fully saturated rings. The second-order valence-corrected chi connectivity index (χ2v) is 5.68. The minimum atomic E-state index is 0.0209. The largest absolute Gasteiger partial charge is 0.496 e. The van der Waals surface area contributed by atoms with Gasteiger partial charge in [0.05, 0.1) is 13.7 Å². The predicted molar refractivity (Wildman–Crippen MR) is 91.3 cm³/mol. The van der Waals surface area contributed by atoms with Gasteiger partial charge in [0, 0.05) is 43.9 Å². The van der Waals surface area contributed by atoms with Crippen molar-refractivity contribution < 1.29 is 14.6 Å². The van der Waals surface area contributed by atoms with E-state index in [-0.39, 0.29) is 18.6 Å². The van der Waals surface area contributed by atoms with Crippen LogP contribution < -0.4 is 4.74 Å². The Morgan fingerprint density at radius 3 is 2.61 bits per heavy atom. The van der Waals surface area contributed by atoms with E-state index < -0.39 is 0 Å². The highest BCUT2D eigenvalue weighted by atomic mass is 16.5. The third kappa shape index (κ3) is 4.56. The summed E-state index contributed by atoms with van der Waals surface area (Å²) in [4.78, 5) is 16.4. The first-order chi connectivity index (χ1) is 11.2. The van der Waals surface area contributed by atoms with E-state index >= 15 is 0 Å². The summed E-state index contributed by atoms with van der Waals surface area (Å²) in [5.74, 6) is 0.780. The lowest BCUT2D eigenvalue weighted by Gasteiger charge is -2.38. The smallest absolute Gasteiger partial charge is 0.246 e. The minimum Gasteiger partial charge on any atom is -0.496 e. The van der Waals surface area contributed by atoms with Crippen molar-refractivity contribution in [3.8, 4) is 5.75 Å². The lowest BCUT2D eigenvalue weighted by molar-refractivity contribution is -0.128. The maximum atomic E-state index is 12.3. The molecule has 1 atom stereocenters. The van der Waals surface area contributed by atoms with Crippen LogP contribution in [0, 0.1) is 0 Å². The van der Waals surface area contributed by atoms with Crippen molar-refractivity contribution in [2.45, 2.75) is 19.4 Å². The van der Waals surface area contributed by atoms with Crippen LogP contribution in [0.3, 0.4) is 0 Å². The second kappa shape index (κ2) is 8.70. The summed E-state index contributed by atoms with van der Waals surface area (Å²) in [5.41, 5.74) is 0.897. The maximum absolute atomic E-state index is 12.3. The van der Waals surface area contributed by atoms with Crippen LogP contribution in [0.15, 0.2) is 30.3 Å². The number of methoxy groups -OCH3 is 1.